The molecule has 1 aromatic carbocycles. The molecule has 0 aliphatic rings. The van der Waals surface area contributed by atoms with Gasteiger partial charge in [0, 0.05) is 18.4 Å². The summed E-state index contributed by atoms with van der Waals surface area (Å²) in [4.78, 5) is 7.05. The first-order valence-corrected chi connectivity index (χ1v) is 8.29. The number of aromatic amines is 1. The van der Waals surface area contributed by atoms with E-state index in [0.717, 1.165) is 23.4 Å². The van der Waals surface area contributed by atoms with Gasteiger partial charge in [-0.25, -0.2) is 18.1 Å². The Kier molecular flexibility index (Phi) is 5.11. The van der Waals surface area contributed by atoms with Crippen LogP contribution in [0.1, 0.15) is 23.7 Å². The van der Waals surface area contributed by atoms with Gasteiger partial charge in [-0.05, 0) is 30.7 Å². The van der Waals surface area contributed by atoms with Crippen molar-refractivity contribution in [2.75, 3.05) is 6.54 Å². The second-order valence-corrected chi connectivity index (χ2v) is 6.46. The Morgan fingerprint density at radius 1 is 1.29 bits per heavy atom. The van der Waals surface area contributed by atoms with Gasteiger partial charge in [-0.3, -0.25) is 0 Å². The van der Waals surface area contributed by atoms with E-state index in [-0.39, 0.29) is 6.54 Å². The number of nitrogens with one attached hydrogen (secondary N) is 3. The Morgan fingerprint density at radius 2 is 2.10 bits per heavy atom. The van der Waals surface area contributed by atoms with Crippen LogP contribution in [0.15, 0.2) is 35.6 Å². The molecule has 0 spiro atoms. The van der Waals surface area contributed by atoms with Crippen LogP contribution >= 0.6 is 0 Å². The van der Waals surface area contributed by atoms with E-state index < -0.39 is 10.0 Å². The Morgan fingerprint density at radius 3 is 2.76 bits per heavy atom. The fourth-order valence-corrected chi connectivity index (χ4v) is 3.33. The fraction of sp³-hybridized carbons (Fsp3) is 0.357. The van der Waals surface area contributed by atoms with Crippen molar-refractivity contribution in [3.63, 3.8) is 0 Å². The number of benzene rings is 1. The zero-order valence-electron chi connectivity index (χ0n) is 12.2. The number of imidazole rings is 1. The minimum Gasteiger partial charge on any atom is -0.347 e. The number of H-pyrrole nitrogens is 1. The average molecular weight is 308 g/mol. The molecular weight excluding hydrogens is 288 g/mol. The highest BCUT2D eigenvalue weighted by Gasteiger charge is 2.18. The monoisotopic (exact) mass is 308 g/mol. The highest BCUT2D eigenvalue weighted by Crippen LogP contribution is 2.19. The summed E-state index contributed by atoms with van der Waals surface area (Å²) in [5.41, 5.74) is 2.48. The smallest absolute Gasteiger partial charge is 0.241 e. The van der Waals surface area contributed by atoms with Crippen LogP contribution in [0.5, 0.6) is 0 Å². The zero-order chi connectivity index (χ0) is 15.3. The van der Waals surface area contributed by atoms with Crippen LogP contribution in [-0.2, 0) is 23.1 Å². The predicted octanol–water partition coefficient (Wildman–Crippen LogP) is 1.31. The van der Waals surface area contributed by atoms with E-state index in [0.29, 0.717) is 11.4 Å². The molecular formula is C14H20N4O2S. The van der Waals surface area contributed by atoms with E-state index in [1.165, 1.54) is 6.33 Å². The van der Waals surface area contributed by atoms with Crippen molar-refractivity contribution < 1.29 is 8.42 Å². The van der Waals surface area contributed by atoms with Crippen molar-refractivity contribution in [2.45, 2.75) is 31.8 Å². The molecule has 7 heteroatoms. The molecule has 0 bridgehead atoms. The summed E-state index contributed by atoms with van der Waals surface area (Å²) < 4.78 is 27.4. The minimum atomic E-state index is -3.54. The number of rotatable bonds is 7. The lowest BCUT2D eigenvalue weighted by Gasteiger charge is -2.12. The van der Waals surface area contributed by atoms with Crippen LogP contribution in [0.4, 0.5) is 0 Å². The van der Waals surface area contributed by atoms with Crippen LogP contribution in [-0.4, -0.2) is 24.9 Å². The highest BCUT2D eigenvalue weighted by molar-refractivity contribution is 7.89. The maximum absolute atomic E-state index is 12.4. The van der Waals surface area contributed by atoms with Crippen molar-refractivity contribution >= 4 is 10.0 Å². The minimum absolute atomic E-state index is 0.194. The lowest BCUT2D eigenvalue weighted by atomic mass is 10.1. The Labute approximate surface area is 125 Å². The van der Waals surface area contributed by atoms with Gasteiger partial charge in [0.15, 0.2) is 0 Å². The van der Waals surface area contributed by atoms with Crippen LogP contribution in [0.3, 0.4) is 0 Å². The molecule has 0 saturated heterocycles. The van der Waals surface area contributed by atoms with Crippen molar-refractivity contribution in [3.05, 3.63) is 47.5 Å². The standard InChI is InChI=1S/C14H20N4O2S/c1-3-15-7-12-5-4-6-14(11(12)2)21(19,20)18-9-13-8-16-10-17-13/h4-6,8,10,15,18H,3,7,9H2,1-2H3,(H,16,17). The van der Waals surface area contributed by atoms with Gasteiger partial charge in [0.1, 0.15) is 0 Å². The fourth-order valence-electron chi connectivity index (χ4n) is 2.03. The Balaban J connectivity index is 2.19. The van der Waals surface area contributed by atoms with Crippen molar-refractivity contribution in [1.29, 1.82) is 0 Å². The van der Waals surface area contributed by atoms with E-state index in [9.17, 15) is 8.42 Å². The third-order valence-electron chi connectivity index (χ3n) is 3.26. The van der Waals surface area contributed by atoms with E-state index in [1.54, 1.807) is 18.3 Å². The van der Waals surface area contributed by atoms with E-state index in [2.05, 4.69) is 20.0 Å². The van der Waals surface area contributed by atoms with Crippen LogP contribution < -0.4 is 10.0 Å². The van der Waals surface area contributed by atoms with Gasteiger partial charge in [-0.15, -0.1) is 0 Å². The molecule has 0 fully saturated rings. The molecule has 0 amide bonds. The topological polar surface area (TPSA) is 86.9 Å². The lowest BCUT2D eigenvalue weighted by molar-refractivity contribution is 0.579. The number of aromatic nitrogens is 2. The second kappa shape index (κ2) is 6.84. The maximum Gasteiger partial charge on any atom is 0.241 e. The molecule has 2 aromatic rings. The first kappa shape index (κ1) is 15.7. The first-order chi connectivity index (χ1) is 10.0. The first-order valence-electron chi connectivity index (χ1n) is 6.80. The maximum atomic E-state index is 12.4. The van der Waals surface area contributed by atoms with Gasteiger partial charge in [-0.1, -0.05) is 19.1 Å². The summed E-state index contributed by atoms with van der Waals surface area (Å²) in [5, 5.41) is 3.21. The quantitative estimate of drug-likeness (QED) is 0.719. The normalized spacial score (nSPS) is 11.7. The molecule has 0 saturated carbocycles. The predicted molar refractivity (Wildman–Crippen MR) is 81.2 cm³/mol. The molecule has 1 aromatic heterocycles. The van der Waals surface area contributed by atoms with Crippen LogP contribution in [0, 0.1) is 6.92 Å². The number of hydrogen-bond acceptors (Lipinski definition) is 4. The molecule has 3 N–H and O–H groups in total. The highest BCUT2D eigenvalue weighted by atomic mass is 32.2. The van der Waals surface area contributed by atoms with E-state index >= 15 is 0 Å². The third kappa shape index (κ3) is 3.90. The number of hydrogen-bond donors (Lipinski definition) is 3. The Hall–Kier alpha value is -1.70. The molecule has 1 heterocycles. The van der Waals surface area contributed by atoms with Gasteiger partial charge >= 0.3 is 0 Å². The molecule has 0 aliphatic carbocycles. The van der Waals surface area contributed by atoms with Crippen LogP contribution in [0.25, 0.3) is 0 Å². The van der Waals surface area contributed by atoms with Gasteiger partial charge in [0.25, 0.3) is 0 Å². The largest absolute Gasteiger partial charge is 0.347 e. The van der Waals surface area contributed by atoms with E-state index in [1.807, 2.05) is 19.9 Å². The molecule has 0 unspecified atom stereocenters. The summed E-state index contributed by atoms with van der Waals surface area (Å²) in [7, 11) is -3.54. The van der Waals surface area contributed by atoms with Gasteiger partial charge in [0.05, 0.1) is 17.8 Å². The number of nitrogens with zero attached hydrogens (tertiary/aromatic N) is 1. The van der Waals surface area contributed by atoms with Crippen molar-refractivity contribution in [1.82, 2.24) is 20.0 Å². The van der Waals surface area contributed by atoms with Gasteiger partial charge < -0.3 is 10.3 Å². The zero-order valence-corrected chi connectivity index (χ0v) is 13.0. The summed E-state index contributed by atoms with van der Waals surface area (Å²) in [6.07, 6.45) is 3.11. The summed E-state index contributed by atoms with van der Waals surface area (Å²) in [6.45, 7) is 5.54. The third-order valence-corrected chi connectivity index (χ3v) is 4.80. The molecule has 6 nitrogen and oxygen atoms in total. The number of sulfonamides is 1. The Bertz CT molecular complexity index is 681. The molecule has 0 radical (unpaired) electrons. The second-order valence-electron chi connectivity index (χ2n) is 4.72. The van der Waals surface area contributed by atoms with Gasteiger partial charge in [0.2, 0.25) is 10.0 Å². The molecule has 0 aliphatic heterocycles. The van der Waals surface area contributed by atoms with Crippen LogP contribution in [0.2, 0.25) is 0 Å². The van der Waals surface area contributed by atoms with Crippen molar-refractivity contribution in [3.8, 4) is 0 Å². The SMILES string of the molecule is CCNCc1cccc(S(=O)(=O)NCc2cnc[nH]2)c1C. The molecule has 21 heavy (non-hydrogen) atoms. The average Bonchev–Trinajstić information content (AvgIpc) is 2.97. The lowest BCUT2D eigenvalue weighted by Crippen LogP contribution is -2.25. The van der Waals surface area contributed by atoms with Gasteiger partial charge in [-0.2, -0.15) is 0 Å². The molecule has 0 atom stereocenters. The van der Waals surface area contributed by atoms with Crippen molar-refractivity contribution in [2.24, 2.45) is 0 Å². The molecule has 114 valence electrons. The van der Waals surface area contributed by atoms with E-state index in [4.69, 9.17) is 0 Å². The summed E-state index contributed by atoms with van der Waals surface area (Å²) in [6, 6.07) is 5.33. The summed E-state index contributed by atoms with van der Waals surface area (Å²) >= 11 is 0. The molecule has 2 rings (SSSR count). The summed E-state index contributed by atoms with van der Waals surface area (Å²) in [5.74, 6) is 0.